The monoisotopic (exact) mass is 367 g/mol. The highest BCUT2D eigenvalue weighted by Crippen LogP contribution is 2.36. The molecule has 2 heterocycles. The average Bonchev–Trinajstić information content (AvgIpc) is 3.20. The Kier molecular flexibility index (Phi) is 4.64. The van der Waals surface area contributed by atoms with Gasteiger partial charge in [-0.05, 0) is 63.3 Å². The normalized spacial score (nSPS) is 16.3. The molecule has 2 N–H and O–H groups in total. The Balaban J connectivity index is 1.50. The predicted octanol–water partition coefficient (Wildman–Crippen LogP) is 3.91. The molecule has 0 bridgehead atoms. The third-order valence-electron chi connectivity index (χ3n) is 5.53. The molecule has 1 unspecified atom stereocenters. The average molecular weight is 367 g/mol. The van der Waals surface area contributed by atoms with Crippen LogP contribution in [0.4, 0.5) is 0 Å². The Labute approximate surface area is 158 Å². The van der Waals surface area contributed by atoms with E-state index in [1.165, 1.54) is 10.9 Å². The number of hydrogen-bond donors (Lipinski definition) is 2. The Morgan fingerprint density at radius 2 is 2.26 bits per heavy atom. The fraction of sp³-hybridized carbons (Fsp3) is 0.429. The molecule has 0 radical (unpaired) electrons. The third kappa shape index (κ3) is 3.31. The molecule has 0 aliphatic heterocycles. The summed E-state index contributed by atoms with van der Waals surface area (Å²) in [6.07, 6.45) is 4.12. The fourth-order valence-electron chi connectivity index (χ4n) is 4.08. The largest absolute Gasteiger partial charge is 0.497 e. The zero-order valence-corrected chi connectivity index (χ0v) is 16.0. The first-order valence-corrected chi connectivity index (χ1v) is 9.46. The van der Waals surface area contributed by atoms with Gasteiger partial charge < -0.3 is 19.6 Å². The van der Waals surface area contributed by atoms with Crippen molar-refractivity contribution in [2.45, 2.75) is 52.0 Å². The fourth-order valence-corrected chi connectivity index (χ4v) is 4.08. The van der Waals surface area contributed by atoms with Gasteiger partial charge >= 0.3 is 0 Å². The van der Waals surface area contributed by atoms with E-state index >= 15 is 0 Å². The van der Waals surface area contributed by atoms with Crippen molar-refractivity contribution in [2.75, 3.05) is 7.11 Å². The van der Waals surface area contributed by atoms with Crippen LogP contribution in [0.5, 0.6) is 5.75 Å². The summed E-state index contributed by atoms with van der Waals surface area (Å²) in [7, 11) is 1.68. The molecule has 142 valence electrons. The number of amides is 1. The molecule has 4 rings (SSSR count). The minimum Gasteiger partial charge on any atom is -0.497 e. The van der Waals surface area contributed by atoms with E-state index in [1.807, 2.05) is 26.0 Å². The molecule has 0 saturated heterocycles. The molecule has 27 heavy (non-hydrogen) atoms. The number of benzene rings is 1. The summed E-state index contributed by atoms with van der Waals surface area (Å²) < 4.78 is 10.5. The van der Waals surface area contributed by atoms with Crippen molar-refractivity contribution in [2.24, 2.45) is 0 Å². The number of fused-ring (bicyclic) bond motifs is 3. The van der Waals surface area contributed by atoms with Crippen LogP contribution in [-0.4, -0.2) is 23.2 Å². The van der Waals surface area contributed by atoms with Crippen LogP contribution in [0.1, 0.15) is 53.6 Å². The van der Waals surface area contributed by atoms with Crippen molar-refractivity contribution in [3.8, 4) is 5.75 Å². The smallest absolute Gasteiger partial charge is 0.220 e. The van der Waals surface area contributed by atoms with Gasteiger partial charge in [-0.2, -0.15) is 0 Å². The summed E-state index contributed by atoms with van der Waals surface area (Å²) in [5, 5.41) is 8.36. The molecule has 0 saturated carbocycles. The van der Waals surface area contributed by atoms with Crippen molar-refractivity contribution in [1.82, 2.24) is 15.5 Å². The van der Waals surface area contributed by atoms with Crippen molar-refractivity contribution >= 4 is 16.8 Å². The number of H-pyrrole nitrogens is 1. The number of nitrogens with zero attached hydrogens (tertiary/aromatic N) is 1. The summed E-state index contributed by atoms with van der Waals surface area (Å²) in [5.74, 6) is 1.71. The standard InChI is InChI=1S/C21H25N3O3/c1-12-15(13(2)27-24-12)8-10-20(25)22-19-6-4-5-16-17-11-14(26-3)7-9-18(17)23-21(16)19/h7,9,11,19,23H,4-6,8,10H2,1-3H3,(H,22,25). The van der Waals surface area contributed by atoms with E-state index in [0.717, 1.165) is 53.2 Å². The number of carbonyl (C=O) groups excluding carboxylic acids is 1. The number of rotatable bonds is 5. The number of aryl methyl sites for hydroxylation is 3. The van der Waals surface area contributed by atoms with Crippen LogP contribution in [0, 0.1) is 13.8 Å². The van der Waals surface area contributed by atoms with Gasteiger partial charge in [0, 0.05) is 28.6 Å². The lowest BCUT2D eigenvalue weighted by Crippen LogP contribution is -2.31. The van der Waals surface area contributed by atoms with Gasteiger partial charge in [0.25, 0.3) is 0 Å². The zero-order chi connectivity index (χ0) is 19.0. The van der Waals surface area contributed by atoms with Crippen molar-refractivity contribution in [3.05, 3.63) is 46.5 Å². The Bertz CT molecular complexity index is 967. The van der Waals surface area contributed by atoms with Crippen LogP contribution < -0.4 is 10.1 Å². The van der Waals surface area contributed by atoms with E-state index in [-0.39, 0.29) is 11.9 Å². The molecule has 1 aromatic carbocycles. The first kappa shape index (κ1) is 17.6. The highest BCUT2D eigenvalue weighted by Gasteiger charge is 2.26. The number of nitrogens with one attached hydrogen (secondary N) is 2. The number of methoxy groups -OCH3 is 1. The second kappa shape index (κ2) is 7.10. The van der Waals surface area contributed by atoms with E-state index in [1.54, 1.807) is 7.11 Å². The number of hydrogen-bond acceptors (Lipinski definition) is 4. The minimum absolute atomic E-state index is 0.0318. The second-order valence-corrected chi connectivity index (χ2v) is 7.24. The number of aromatic nitrogens is 2. The molecule has 1 atom stereocenters. The lowest BCUT2D eigenvalue weighted by Gasteiger charge is -2.24. The van der Waals surface area contributed by atoms with Gasteiger partial charge in [-0.15, -0.1) is 0 Å². The molecule has 2 aromatic heterocycles. The molecule has 3 aromatic rings. The van der Waals surface area contributed by atoms with Gasteiger partial charge in [-0.25, -0.2) is 0 Å². The Morgan fingerprint density at radius 3 is 3.00 bits per heavy atom. The molecule has 0 fully saturated rings. The maximum absolute atomic E-state index is 12.6. The third-order valence-corrected chi connectivity index (χ3v) is 5.53. The van der Waals surface area contributed by atoms with Crippen LogP contribution >= 0.6 is 0 Å². The van der Waals surface area contributed by atoms with E-state index in [9.17, 15) is 4.79 Å². The maximum Gasteiger partial charge on any atom is 0.220 e. The van der Waals surface area contributed by atoms with E-state index in [2.05, 4.69) is 21.5 Å². The number of carbonyl (C=O) groups is 1. The van der Waals surface area contributed by atoms with Gasteiger partial charge in [0.15, 0.2) is 0 Å². The van der Waals surface area contributed by atoms with Crippen LogP contribution in [-0.2, 0) is 17.6 Å². The summed E-state index contributed by atoms with van der Waals surface area (Å²) in [5.41, 5.74) is 5.43. The maximum atomic E-state index is 12.6. The minimum atomic E-state index is 0.0318. The van der Waals surface area contributed by atoms with Crippen molar-refractivity contribution in [1.29, 1.82) is 0 Å². The molecule has 6 nitrogen and oxygen atoms in total. The summed E-state index contributed by atoms with van der Waals surface area (Å²) in [6.45, 7) is 3.80. The van der Waals surface area contributed by atoms with Gasteiger partial charge in [-0.1, -0.05) is 5.16 Å². The summed E-state index contributed by atoms with van der Waals surface area (Å²) >= 11 is 0. The van der Waals surface area contributed by atoms with Crippen LogP contribution in [0.2, 0.25) is 0 Å². The van der Waals surface area contributed by atoms with Crippen molar-refractivity contribution in [3.63, 3.8) is 0 Å². The quantitative estimate of drug-likeness (QED) is 0.716. The highest BCUT2D eigenvalue weighted by molar-refractivity contribution is 5.87. The Morgan fingerprint density at radius 1 is 1.41 bits per heavy atom. The second-order valence-electron chi connectivity index (χ2n) is 7.24. The first-order valence-electron chi connectivity index (χ1n) is 9.46. The van der Waals surface area contributed by atoms with Crippen LogP contribution in [0.3, 0.4) is 0 Å². The summed E-state index contributed by atoms with van der Waals surface area (Å²) in [6, 6.07) is 6.11. The van der Waals surface area contributed by atoms with E-state index in [0.29, 0.717) is 12.8 Å². The SMILES string of the molecule is COc1ccc2[nH]c3c(c2c1)CCCC3NC(=O)CCc1c(C)noc1C. The van der Waals surface area contributed by atoms with Crippen molar-refractivity contribution < 1.29 is 14.1 Å². The van der Waals surface area contributed by atoms with E-state index < -0.39 is 0 Å². The number of ether oxygens (including phenoxy) is 1. The van der Waals surface area contributed by atoms with Gasteiger partial charge in [0.2, 0.25) is 5.91 Å². The zero-order valence-electron chi connectivity index (χ0n) is 16.0. The van der Waals surface area contributed by atoms with Crippen LogP contribution in [0.25, 0.3) is 10.9 Å². The lowest BCUT2D eigenvalue weighted by molar-refractivity contribution is -0.121. The molecular formula is C21H25N3O3. The van der Waals surface area contributed by atoms with Gasteiger partial charge in [0.1, 0.15) is 11.5 Å². The number of aromatic amines is 1. The molecule has 1 aliphatic rings. The molecule has 0 spiro atoms. The topological polar surface area (TPSA) is 80.1 Å². The molecule has 6 heteroatoms. The van der Waals surface area contributed by atoms with Crippen LogP contribution in [0.15, 0.2) is 22.7 Å². The molecular weight excluding hydrogens is 342 g/mol. The Hall–Kier alpha value is -2.76. The summed E-state index contributed by atoms with van der Waals surface area (Å²) in [4.78, 5) is 16.1. The lowest BCUT2D eigenvalue weighted by atomic mass is 9.91. The molecule has 1 aliphatic carbocycles. The van der Waals surface area contributed by atoms with Gasteiger partial charge in [0.05, 0.1) is 18.8 Å². The first-order chi connectivity index (χ1) is 13.1. The van der Waals surface area contributed by atoms with E-state index in [4.69, 9.17) is 9.26 Å². The molecule has 1 amide bonds. The highest BCUT2D eigenvalue weighted by atomic mass is 16.5. The predicted molar refractivity (Wildman–Crippen MR) is 103 cm³/mol. The van der Waals surface area contributed by atoms with Gasteiger partial charge in [-0.3, -0.25) is 4.79 Å².